The second-order valence-corrected chi connectivity index (χ2v) is 1.07. The van der Waals surface area contributed by atoms with Crippen LogP contribution >= 0.6 is 0 Å². The van der Waals surface area contributed by atoms with Gasteiger partial charge in [-0.2, -0.15) is 5.11 Å². The molecule has 0 aliphatic heterocycles. The van der Waals surface area contributed by atoms with Gasteiger partial charge in [0.1, 0.15) is 0 Å². The van der Waals surface area contributed by atoms with E-state index in [0.29, 0.717) is 0 Å². The van der Waals surface area contributed by atoms with Gasteiger partial charge in [0.05, 0.1) is 6.54 Å². The Morgan fingerprint density at radius 3 is 2.22 bits per heavy atom. The van der Waals surface area contributed by atoms with Crippen molar-refractivity contribution in [3.63, 3.8) is 0 Å². The number of rotatable bonds is 3. The van der Waals surface area contributed by atoms with Crippen LogP contribution in [0.25, 0.3) is 0 Å². The standard InChI is InChI=1S/C4H11N3.2K.2H/c1-3-5-7-6-4-2;;;;/h3-4H2,1-2H3,(H,5,6);;;;/q;2*+1;2*-1. The van der Waals surface area contributed by atoms with Gasteiger partial charge in [-0.3, -0.25) is 5.43 Å². The molecule has 0 heterocycles. The Bertz CT molecular complexity index is 65.3. The van der Waals surface area contributed by atoms with Crippen LogP contribution in [-0.2, 0) is 0 Å². The fourth-order valence-corrected chi connectivity index (χ4v) is 0.191. The van der Waals surface area contributed by atoms with Crippen LogP contribution in [0.15, 0.2) is 10.3 Å². The van der Waals surface area contributed by atoms with Gasteiger partial charge in [-0.15, -0.1) is 0 Å². The van der Waals surface area contributed by atoms with Crippen LogP contribution in [-0.4, -0.2) is 13.1 Å². The fourth-order valence-electron chi connectivity index (χ4n) is 0.191. The Kier molecular flexibility index (Phi) is 33.3. The van der Waals surface area contributed by atoms with Crippen molar-refractivity contribution in [2.75, 3.05) is 13.1 Å². The second kappa shape index (κ2) is 17.0. The molecule has 0 unspecified atom stereocenters. The van der Waals surface area contributed by atoms with Crippen LogP contribution in [0.4, 0.5) is 0 Å². The zero-order valence-electron chi connectivity index (χ0n) is 8.81. The van der Waals surface area contributed by atoms with Crippen molar-refractivity contribution < 1.29 is 106 Å². The molecule has 0 saturated heterocycles. The van der Waals surface area contributed by atoms with Crippen LogP contribution < -0.4 is 108 Å². The Morgan fingerprint density at radius 1 is 1.33 bits per heavy atom. The summed E-state index contributed by atoms with van der Waals surface area (Å²) in [4.78, 5) is 0. The van der Waals surface area contributed by atoms with E-state index in [0.717, 1.165) is 13.1 Å². The molecule has 0 aromatic rings. The van der Waals surface area contributed by atoms with Crippen molar-refractivity contribution in [3.8, 4) is 0 Å². The second-order valence-electron chi connectivity index (χ2n) is 1.07. The van der Waals surface area contributed by atoms with Gasteiger partial charge in [0.15, 0.2) is 0 Å². The molecular formula is C4H13K2N3. The molecule has 3 nitrogen and oxygen atoms in total. The SMILES string of the molecule is CCN=NNCC.[H-].[H-].[K+].[K+]. The monoisotopic (exact) mass is 181 g/mol. The summed E-state index contributed by atoms with van der Waals surface area (Å²) in [5.41, 5.74) is 2.71. The largest absolute Gasteiger partial charge is 1.00 e. The van der Waals surface area contributed by atoms with Gasteiger partial charge in [0.2, 0.25) is 0 Å². The Balaban J connectivity index is -0.0000000300. The Labute approximate surface area is 145 Å². The van der Waals surface area contributed by atoms with Crippen LogP contribution in [0, 0.1) is 0 Å². The average Bonchev–Trinajstić information content (AvgIpc) is 1.69. The average molecular weight is 181 g/mol. The van der Waals surface area contributed by atoms with Gasteiger partial charge in [0, 0.05) is 6.54 Å². The molecule has 1 N–H and O–H groups in total. The summed E-state index contributed by atoms with van der Waals surface area (Å²) >= 11 is 0. The molecule has 5 heteroatoms. The van der Waals surface area contributed by atoms with Gasteiger partial charge < -0.3 is 2.85 Å². The molecule has 0 aliphatic rings. The molecule has 46 valence electrons. The van der Waals surface area contributed by atoms with E-state index in [1.165, 1.54) is 0 Å². The third-order valence-electron chi connectivity index (χ3n) is 0.441. The van der Waals surface area contributed by atoms with Crippen LogP contribution in [0.5, 0.6) is 0 Å². The third-order valence-corrected chi connectivity index (χ3v) is 0.441. The van der Waals surface area contributed by atoms with Crippen LogP contribution in [0.2, 0.25) is 0 Å². The van der Waals surface area contributed by atoms with E-state index in [9.17, 15) is 0 Å². The maximum Gasteiger partial charge on any atom is 1.00 e. The molecule has 0 fully saturated rings. The number of hydrogen-bond donors (Lipinski definition) is 1. The van der Waals surface area contributed by atoms with Crippen LogP contribution in [0.1, 0.15) is 16.7 Å². The van der Waals surface area contributed by atoms with E-state index in [1.807, 2.05) is 13.8 Å². The van der Waals surface area contributed by atoms with Gasteiger partial charge in [-0.25, -0.2) is 0 Å². The van der Waals surface area contributed by atoms with E-state index in [-0.39, 0.29) is 106 Å². The molecule has 0 aliphatic carbocycles. The number of nitrogens with one attached hydrogen (secondary N) is 1. The number of nitrogens with zero attached hydrogens (tertiary/aromatic N) is 2. The minimum Gasteiger partial charge on any atom is -1.00 e. The maximum atomic E-state index is 3.68. The summed E-state index contributed by atoms with van der Waals surface area (Å²) < 4.78 is 0. The molecule has 0 saturated carbocycles. The molecule has 0 radical (unpaired) electrons. The van der Waals surface area contributed by atoms with Crippen molar-refractivity contribution in [1.82, 2.24) is 5.43 Å². The first-order valence-electron chi connectivity index (χ1n) is 2.51. The zero-order chi connectivity index (χ0) is 5.54. The van der Waals surface area contributed by atoms with Crippen molar-refractivity contribution in [2.45, 2.75) is 13.8 Å². The molecule has 0 atom stereocenters. The predicted octanol–water partition coefficient (Wildman–Crippen LogP) is -4.78. The Hall–Kier alpha value is 2.67. The van der Waals surface area contributed by atoms with Crippen LogP contribution in [0.3, 0.4) is 0 Å². The smallest absolute Gasteiger partial charge is 1.00 e. The topological polar surface area (TPSA) is 36.8 Å². The molecule has 0 aromatic heterocycles. The normalized spacial score (nSPS) is 7.78. The van der Waals surface area contributed by atoms with Crippen molar-refractivity contribution in [2.24, 2.45) is 10.3 Å². The summed E-state index contributed by atoms with van der Waals surface area (Å²) in [6.07, 6.45) is 0. The fraction of sp³-hybridized carbons (Fsp3) is 1.00. The van der Waals surface area contributed by atoms with E-state index in [1.54, 1.807) is 0 Å². The molecule has 9 heavy (non-hydrogen) atoms. The summed E-state index contributed by atoms with van der Waals surface area (Å²) in [6.45, 7) is 5.53. The molecule has 0 rings (SSSR count). The first-order valence-corrected chi connectivity index (χ1v) is 2.51. The summed E-state index contributed by atoms with van der Waals surface area (Å²) in [6, 6.07) is 0. The Morgan fingerprint density at radius 2 is 1.89 bits per heavy atom. The van der Waals surface area contributed by atoms with E-state index in [2.05, 4.69) is 15.8 Å². The van der Waals surface area contributed by atoms with Crippen molar-refractivity contribution >= 4 is 0 Å². The quantitative estimate of drug-likeness (QED) is 0.265. The summed E-state index contributed by atoms with van der Waals surface area (Å²) in [5.74, 6) is 0. The molecular weight excluding hydrogens is 168 g/mol. The predicted molar refractivity (Wildman–Crippen MR) is 31.3 cm³/mol. The van der Waals surface area contributed by atoms with Gasteiger partial charge in [-0.1, -0.05) is 5.22 Å². The summed E-state index contributed by atoms with van der Waals surface area (Å²) in [5, 5.41) is 7.26. The molecule has 0 aromatic carbocycles. The van der Waals surface area contributed by atoms with Crippen molar-refractivity contribution in [1.29, 1.82) is 0 Å². The zero-order valence-corrected chi connectivity index (χ0v) is 13.1. The van der Waals surface area contributed by atoms with Gasteiger partial charge in [0.25, 0.3) is 0 Å². The summed E-state index contributed by atoms with van der Waals surface area (Å²) in [7, 11) is 0. The first kappa shape index (κ1) is 17.7. The maximum absolute atomic E-state index is 3.68. The van der Waals surface area contributed by atoms with E-state index < -0.39 is 0 Å². The van der Waals surface area contributed by atoms with Gasteiger partial charge in [-0.05, 0) is 13.8 Å². The third kappa shape index (κ3) is 18.0. The minimum atomic E-state index is 0. The van der Waals surface area contributed by atoms with Crippen molar-refractivity contribution in [3.05, 3.63) is 0 Å². The van der Waals surface area contributed by atoms with E-state index >= 15 is 0 Å². The molecule has 0 bridgehead atoms. The first-order chi connectivity index (χ1) is 3.41. The van der Waals surface area contributed by atoms with E-state index in [4.69, 9.17) is 0 Å². The number of hydrogen-bond acceptors (Lipinski definition) is 2. The van der Waals surface area contributed by atoms with Gasteiger partial charge >= 0.3 is 103 Å². The molecule has 0 spiro atoms. The molecule has 0 amide bonds. The minimum absolute atomic E-state index is 0.